The van der Waals surface area contributed by atoms with Crippen LogP contribution in [0.15, 0.2) is 18.2 Å². The molecule has 0 radical (unpaired) electrons. The van der Waals surface area contributed by atoms with E-state index < -0.39 is 7.12 Å². The molecular weight excluding hydrogens is 301 g/mol. The Balaban J connectivity index is 2.18. The molecule has 1 heterocycles. The van der Waals surface area contributed by atoms with E-state index in [-0.39, 0.29) is 23.2 Å². The maximum absolute atomic E-state index is 12.4. The zero-order valence-corrected chi connectivity index (χ0v) is 16.2. The molecule has 0 bridgehead atoms. The lowest BCUT2D eigenvalue weighted by atomic mass is 9.78. The topological polar surface area (TPSA) is 47.6 Å². The average Bonchev–Trinajstić information content (AvgIpc) is 2.66. The van der Waals surface area contributed by atoms with E-state index >= 15 is 0 Å². The molecular formula is C19H30BNO3. The third-order valence-corrected chi connectivity index (χ3v) is 5.38. The molecule has 5 heteroatoms. The summed E-state index contributed by atoms with van der Waals surface area (Å²) in [4.78, 5) is 12.4. The number of rotatable bonds is 4. The smallest absolute Gasteiger partial charge is 0.399 e. The molecule has 1 N–H and O–H groups in total. The lowest BCUT2D eigenvalue weighted by Gasteiger charge is -2.32. The minimum Gasteiger partial charge on any atom is -0.399 e. The number of carbonyl (C=O) groups is 1. The van der Waals surface area contributed by atoms with E-state index in [4.69, 9.17) is 9.31 Å². The number of hydrogen-bond acceptors (Lipinski definition) is 3. The van der Waals surface area contributed by atoms with Crippen LogP contribution in [-0.4, -0.2) is 30.3 Å². The van der Waals surface area contributed by atoms with Crippen molar-refractivity contribution < 1.29 is 14.1 Å². The normalized spacial score (nSPS) is 20.3. The van der Waals surface area contributed by atoms with Gasteiger partial charge in [0.2, 0.25) is 0 Å². The molecule has 1 fully saturated rings. The first-order chi connectivity index (χ1) is 10.9. The van der Waals surface area contributed by atoms with Crippen molar-refractivity contribution in [1.82, 2.24) is 5.32 Å². The second kappa shape index (κ2) is 6.53. The van der Waals surface area contributed by atoms with Gasteiger partial charge in [-0.25, -0.2) is 0 Å². The molecule has 1 saturated heterocycles. The number of hydrogen-bond donors (Lipinski definition) is 1. The van der Waals surface area contributed by atoms with Gasteiger partial charge in [0.15, 0.2) is 0 Å². The van der Waals surface area contributed by atoms with Crippen molar-refractivity contribution in [3.63, 3.8) is 0 Å². The minimum atomic E-state index is -0.402. The van der Waals surface area contributed by atoms with Crippen molar-refractivity contribution in [1.29, 1.82) is 0 Å². The van der Waals surface area contributed by atoms with Gasteiger partial charge in [0.05, 0.1) is 11.2 Å². The van der Waals surface area contributed by atoms with Gasteiger partial charge in [-0.3, -0.25) is 4.79 Å². The molecule has 1 aliphatic heterocycles. The standard InChI is InChI=1S/C19H30BNO3/c1-12(2)14(4)21-17(22)16-10-9-15(11-13(16)3)20-23-18(5,6)19(7,8)24-20/h9-12,14H,1-8H3,(H,21,22). The maximum Gasteiger partial charge on any atom is 0.494 e. The fraction of sp³-hybridized carbons (Fsp3) is 0.632. The van der Waals surface area contributed by atoms with Crippen LogP contribution in [0.2, 0.25) is 0 Å². The molecule has 1 aromatic carbocycles. The Labute approximate surface area is 146 Å². The van der Waals surface area contributed by atoms with Gasteiger partial charge in [-0.15, -0.1) is 0 Å². The van der Waals surface area contributed by atoms with Crippen LogP contribution in [0.25, 0.3) is 0 Å². The molecule has 132 valence electrons. The average molecular weight is 331 g/mol. The van der Waals surface area contributed by atoms with Crippen molar-refractivity contribution in [2.24, 2.45) is 5.92 Å². The van der Waals surface area contributed by atoms with Crippen molar-refractivity contribution in [2.45, 2.75) is 72.6 Å². The number of benzene rings is 1. The summed E-state index contributed by atoms with van der Waals surface area (Å²) in [6.45, 7) is 16.3. The predicted octanol–water partition coefficient (Wildman–Crippen LogP) is 3.07. The Bertz CT molecular complexity index is 609. The molecule has 2 rings (SSSR count). The molecule has 0 saturated carbocycles. The van der Waals surface area contributed by atoms with Crippen molar-refractivity contribution in [2.75, 3.05) is 0 Å². The Kier molecular flexibility index (Phi) is 5.17. The van der Waals surface area contributed by atoms with Crippen LogP contribution in [0.5, 0.6) is 0 Å². The van der Waals surface area contributed by atoms with E-state index in [0.29, 0.717) is 11.5 Å². The summed E-state index contributed by atoms with van der Waals surface area (Å²) >= 11 is 0. The lowest BCUT2D eigenvalue weighted by molar-refractivity contribution is 0.00578. The Morgan fingerprint density at radius 1 is 1.08 bits per heavy atom. The molecule has 1 atom stereocenters. The first-order valence-corrected chi connectivity index (χ1v) is 8.71. The first-order valence-electron chi connectivity index (χ1n) is 8.71. The van der Waals surface area contributed by atoms with Gasteiger partial charge in [-0.1, -0.05) is 26.0 Å². The van der Waals surface area contributed by atoms with Crippen LogP contribution in [-0.2, 0) is 9.31 Å². The van der Waals surface area contributed by atoms with E-state index in [2.05, 4.69) is 19.2 Å². The van der Waals surface area contributed by atoms with Crippen molar-refractivity contribution >= 4 is 18.5 Å². The SMILES string of the molecule is Cc1cc(B2OC(C)(C)C(C)(C)O2)ccc1C(=O)NC(C)C(C)C. The van der Waals surface area contributed by atoms with Gasteiger partial charge in [0.1, 0.15) is 0 Å². The van der Waals surface area contributed by atoms with Gasteiger partial charge < -0.3 is 14.6 Å². The van der Waals surface area contributed by atoms with Gasteiger partial charge in [0.25, 0.3) is 5.91 Å². The maximum atomic E-state index is 12.4. The number of nitrogens with one attached hydrogen (secondary N) is 1. The Morgan fingerprint density at radius 3 is 2.08 bits per heavy atom. The Morgan fingerprint density at radius 2 is 1.62 bits per heavy atom. The number of amides is 1. The van der Waals surface area contributed by atoms with Gasteiger partial charge in [0, 0.05) is 11.6 Å². The van der Waals surface area contributed by atoms with Gasteiger partial charge in [-0.2, -0.15) is 0 Å². The molecule has 1 aromatic rings. The lowest BCUT2D eigenvalue weighted by Crippen LogP contribution is -2.41. The third-order valence-electron chi connectivity index (χ3n) is 5.38. The molecule has 1 amide bonds. The van der Waals surface area contributed by atoms with Crippen LogP contribution in [0, 0.1) is 12.8 Å². The molecule has 0 spiro atoms. The fourth-order valence-electron chi connectivity index (χ4n) is 2.52. The van der Waals surface area contributed by atoms with Crippen LogP contribution < -0.4 is 10.8 Å². The quantitative estimate of drug-likeness (QED) is 0.863. The van der Waals surface area contributed by atoms with Crippen LogP contribution in [0.3, 0.4) is 0 Å². The monoisotopic (exact) mass is 331 g/mol. The summed E-state index contributed by atoms with van der Waals surface area (Å²) in [7, 11) is -0.402. The fourth-order valence-corrected chi connectivity index (χ4v) is 2.52. The summed E-state index contributed by atoms with van der Waals surface area (Å²) < 4.78 is 12.2. The molecule has 0 aliphatic carbocycles. The summed E-state index contributed by atoms with van der Waals surface area (Å²) in [5, 5.41) is 3.05. The number of carbonyl (C=O) groups excluding carboxylic acids is 1. The summed E-state index contributed by atoms with van der Waals surface area (Å²) in [5.74, 6) is 0.368. The predicted molar refractivity (Wildman–Crippen MR) is 98.7 cm³/mol. The van der Waals surface area contributed by atoms with E-state index in [1.165, 1.54) is 0 Å². The second-order valence-corrected chi connectivity index (χ2v) is 8.17. The highest BCUT2D eigenvalue weighted by molar-refractivity contribution is 6.62. The van der Waals surface area contributed by atoms with Crippen molar-refractivity contribution in [3.8, 4) is 0 Å². The van der Waals surface area contributed by atoms with E-state index in [9.17, 15) is 4.79 Å². The van der Waals surface area contributed by atoms with E-state index in [0.717, 1.165) is 11.0 Å². The highest BCUT2D eigenvalue weighted by Gasteiger charge is 2.51. The molecule has 1 unspecified atom stereocenters. The van der Waals surface area contributed by atoms with Gasteiger partial charge in [-0.05, 0) is 64.6 Å². The van der Waals surface area contributed by atoms with Gasteiger partial charge >= 0.3 is 7.12 Å². The zero-order chi connectivity index (χ0) is 18.3. The molecule has 24 heavy (non-hydrogen) atoms. The summed E-state index contributed by atoms with van der Waals surface area (Å²) in [6.07, 6.45) is 0. The summed E-state index contributed by atoms with van der Waals surface area (Å²) in [5.41, 5.74) is 1.83. The Hall–Kier alpha value is -1.33. The van der Waals surface area contributed by atoms with Crippen LogP contribution >= 0.6 is 0 Å². The molecule has 4 nitrogen and oxygen atoms in total. The first kappa shape index (κ1) is 19.0. The highest BCUT2D eigenvalue weighted by atomic mass is 16.7. The third kappa shape index (κ3) is 3.67. The van der Waals surface area contributed by atoms with Crippen LogP contribution in [0.1, 0.15) is 64.4 Å². The van der Waals surface area contributed by atoms with E-state index in [1.54, 1.807) is 0 Å². The number of aryl methyl sites for hydroxylation is 1. The molecule has 0 aromatic heterocycles. The minimum absolute atomic E-state index is 0.0332. The summed E-state index contributed by atoms with van der Waals surface area (Å²) in [6, 6.07) is 5.90. The highest BCUT2D eigenvalue weighted by Crippen LogP contribution is 2.36. The van der Waals surface area contributed by atoms with E-state index in [1.807, 2.05) is 59.7 Å². The van der Waals surface area contributed by atoms with Crippen molar-refractivity contribution in [3.05, 3.63) is 29.3 Å². The molecule has 1 aliphatic rings. The second-order valence-electron chi connectivity index (χ2n) is 8.17. The largest absolute Gasteiger partial charge is 0.494 e. The van der Waals surface area contributed by atoms with Crippen LogP contribution in [0.4, 0.5) is 0 Å². The zero-order valence-electron chi connectivity index (χ0n) is 16.2.